The highest BCUT2D eigenvalue weighted by molar-refractivity contribution is 6.30. The smallest absolute Gasteiger partial charge is 0.127 e. The topological polar surface area (TPSA) is 55.9 Å². The van der Waals surface area contributed by atoms with E-state index in [1.54, 1.807) is 12.3 Å². The van der Waals surface area contributed by atoms with E-state index in [4.69, 9.17) is 17.4 Å². The molecule has 1 unspecified atom stereocenters. The number of hydrazine groups is 1. The molecular formula is C12H14ClFN4. The molecule has 2 aromatic rings. The maximum absolute atomic E-state index is 13.7. The van der Waals surface area contributed by atoms with Gasteiger partial charge in [0.05, 0.1) is 6.04 Å². The van der Waals surface area contributed by atoms with Crippen LogP contribution < -0.4 is 11.3 Å². The molecule has 18 heavy (non-hydrogen) atoms. The summed E-state index contributed by atoms with van der Waals surface area (Å²) in [7, 11) is 1.86. The Bertz CT molecular complexity index is 541. The van der Waals surface area contributed by atoms with Crippen LogP contribution in [0.15, 0.2) is 30.6 Å². The van der Waals surface area contributed by atoms with Crippen molar-refractivity contribution in [3.8, 4) is 0 Å². The van der Waals surface area contributed by atoms with Gasteiger partial charge >= 0.3 is 0 Å². The quantitative estimate of drug-likeness (QED) is 0.658. The first-order chi connectivity index (χ1) is 8.61. The van der Waals surface area contributed by atoms with Crippen LogP contribution in [0.2, 0.25) is 5.02 Å². The minimum atomic E-state index is -0.297. The normalized spacial score (nSPS) is 12.7. The molecule has 4 nitrogen and oxygen atoms in total. The molecule has 96 valence electrons. The Morgan fingerprint density at radius 2 is 2.33 bits per heavy atom. The third-order valence-corrected chi connectivity index (χ3v) is 3.04. The number of imidazole rings is 1. The second kappa shape index (κ2) is 5.48. The largest absolute Gasteiger partial charge is 0.337 e. The first kappa shape index (κ1) is 13.0. The molecular weight excluding hydrogens is 255 g/mol. The van der Waals surface area contributed by atoms with Crippen molar-refractivity contribution in [3.05, 3.63) is 52.8 Å². The fraction of sp³-hybridized carbons (Fsp3) is 0.250. The molecule has 0 saturated heterocycles. The van der Waals surface area contributed by atoms with Gasteiger partial charge < -0.3 is 4.57 Å². The van der Waals surface area contributed by atoms with Gasteiger partial charge in [0.1, 0.15) is 11.6 Å². The Labute approximate surface area is 110 Å². The minimum Gasteiger partial charge on any atom is -0.337 e. The molecule has 0 radical (unpaired) electrons. The first-order valence-electron chi connectivity index (χ1n) is 5.49. The van der Waals surface area contributed by atoms with Crippen molar-refractivity contribution in [3.63, 3.8) is 0 Å². The summed E-state index contributed by atoms with van der Waals surface area (Å²) in [6.07, 6.45) is 3.87. The molecule has 0 aliphatic rings. The average Bonchev–Trinajstić information content (AvgIpc) is 2.77. The van der Waals surface area contributed by atoms with Gasteiger partial charge in [-0.05, 0) is 30.2 Å². The molecule has 2 rings (SSSR count). The van der Waals surface area contributed by atoms with Crippen LogP contribution in [0.1, 0.15) is 17.4 Å². The van der Waals surface area contributed by atoms with Crippen LogP contribution in [0.5, 0.6) is 0 Å². The number of aryl methyl sites for hydroxylation is 1. The molecule has 0 aliphatic heterocycles. The lowest BCUT2D eigenvalue weighted by atomic mass is 10.1. The van der Waals surface area contributed by atoms with E-state index in [0.717, 1.165) is 5.82 Å². The van der Waals surface area contributed by atoms with E-state index >= 15 is 0 Å². The summed E-state index contributed by atoms with van der Waals surface area (Å²) in [4.78, 5) is 4.20. The van der Waals surface area contributed by atoms with Crippen LogP contribution in [0.3, 0.4) is 0 Å². The van der Waals surface area contributed by atoms with Gasteiger partial charge in [0.15, 0.2) is 0 Å². The maximum Gasteiger partial charge on any atom is 0.127 e. The van der Waals surface area contributed by atoms with E-state index in [9.17, 15) is 4.39 Å². The van der Waals surface area contributed by atoms with Crippen molar-refractivity contribution in [2.24, 2.45) is 12.9 Å². The van der Waals surface area contributed by atoms with Crippen LogP contribution >= 0.6 is 11.6 Å². The van der Waals surface area contributed by atoms with Crippen LogP contribution in [0, 0.1) is 5.82 Å². The lowest BCUT2D eigenvalue weighted by molar-refractivity contribution is 0.494. The summed E-state index contributed by atoms with van der Waals surface area (Å²) < 4.78 is 15.5. The predicted molar refractivity (Wildman–Crippen MR) is 68.4 cm³/mol. The van der Waals surface area contributed by atoms with Crippen molar-refractivity contribution in [1.29, 1.82) is 0 Å². The molecule has 0 fully saturated rings. The molecule has 0 amide bonds. The number of benzene rings is 1. The zero-order chi connectivity index (χ0) is 13.1. The summed E-state index contributed by atoms with van der Waals surface area (Å²) in [5.74, 6) is 5.96. The zero-order valence-electron chi connectivity index (χ0n) is 9.90. The second-order valence-corrected chi connectivity index (χ2v) is 4.49. The van der Waals surface area contributed by atoms with E-state index in [-0.39, 0.29) is 11.9 Å². The van der Waals surface area contributed by atoms with Gasteiger partial charge in [0.2, 0.25) is 0 Å². The van der Waals surface area contributed by atoms with Gasteiger partial charge in [-0.25, -0.2) is 14.8 Å². The Morgan fingerprint density at radius 3 is 2.94 bits per heavy atom. The molecule has 3 N–H and O–H groups in total. The molecule has 0 spiro atoms. The van der Waals surface area contributed by atoms with Crippen LogP contribution in [-0.4, -0.2) is 9.55 Å². The summed E-state index contributed by atoms with van der Waals surface area (Å²) >= 11 is 5.86. The monoisotopic (exact) mass is 268 g/mol. The molecule has 0 saturated carbocycles. The molecule has 1 aromatic heterocycles. The number of rotatable bonds is 4. The zero-order valence-corrected chi connectivity index (χ0v) is 10.7. The van der Waals surface area contributed by atoms with E-state index in [2.05, 4.69) is 10.4 Å². The highest BCUT2D eigenvalue weighted by Crippen LogP contribution is 2.21. The first-order valence-corrected chi connectivity index (χ1v) is 5.87. The number of hydrogen-bond donors (Lipinski definition) is 2. The second-order valence-electron chi connectivity index (χ2n) is 4.06. The number of halogens is 2. The molecule has 1 heterocycles. The molecule has 0 bridgehead atoms. The standard InChI is InChI=1S/C12H14ClFN4/c1-18-5-4-16-12(18)11(17-15)7-8-6-9(13)2-3-10(8)14/h2-6,11,17H,7,15H2,1H3. The Morgan fingerprint density at radius 1 is 1.56 bits per heavy atom. The fourth-order valence-corrected chi connectivity index (χ4v) is 2.05. The molecule has 1 atom stereocenters. The van der Waals surface area contributed by atoms with Crippen molar-refractivity contribution < 1.29 is 4.39 Å². The predicted octanol–water partition coefficient (Wildman–Crippen LogP) is 1.96. The van der Waals surface area contributed by atoms with Crippen LogP contribution in [0.4, 0.5) is 4.39 Å². The summed E-state index contributed by atoms with van der Waals surface area (Å²) in [5.41, 5.74) is 3.16. The summed E-state index contributed by atoms with van der Waals surface area (Å²) in [6, 6.07) is 4.21. The highest BCUT2D eigenvalue weighted by Gasteiger charge is 2.17. The Hall–Kier alpha value is -1.43. The lowest BCUT2D eigenvalue weighted by Crippen LogP contribution is -2.31. The molecule has 1 aromatic carbocycles. The number of nitrogens with one attached hydrogen (secondary N) is 1. The molecule has 0 aliphatic carbocycles. The summed E-state index contributed by atoms with van der Waals surface area (Å²) in [5, 5.41) is 0.502. The third kappa shape index (κ3) is 2.69. The van der Waals surface area contributed by atoms with Gasteiger partial charge in [-0.2, -0.15) is 0 Å². The third-order valence-electron chi connectivity index (χ3n) is 2.80. The summed E-state index contributed by atoms with van der Waals surface area (Å²) in [6.45, 7) is 0. The number of hydrogen-bond acceptors (Lipinski definition) is 3. The van der Waals surface area contributed by atoms with E-state index in [0.29, 0.717) is 17.0 Å². The van der Waals surface area contributed by atoms with Gasteiger partial charge in [-0.3, -0.25) is 5.84 Å². The fourth-order valence-electron chi connectivity index (χ4n) is 1.86. The molecule has 6 heteroatoms. The Kier molecular flexibility index (Phi) is 3.96. The van der Waals surface area contributed by atoms with Gasteiger partial charge in [0.25, 0.3) is 0 Å². The minimum absolute atomic E-state index is 0.266. The van der Waals surface area contributed by atoms with Crippen molar-refractivity contribution in [2.45, 2.75) is 12.5 Å². The average molecular weight is 269 g/mol. The van der Waals surface area contributed by atoms with Gasteiger partial charge in [-0.15, -0.1) is 0 Å². The van der Waals surface area contributed by atoms with E-state index < -0.39 is 0 Å². The number of aromatic nitrogens is 2. The van der Waals surface area contributed by atoms with E-state index in [1.807, 2.05) is 17.8 Å². The SMILES string of the molecule is Cn1ccnc1C(Cc1cc(Cl)ccc1F)NN. The van der Waals surface area contributed by atoms with Crippen molar-refractivity contribution >= 4 is 11.6 Å². The van der Waals surface area contributed by atoms with Crippen LogP contribution in [0.25, 0.3) is 0 Å². The van der Waals surface area contributed by atoms with Crippen molar-refractivity contribution in [2.75, 3.05) is 0 Å². The Balaban J connectivity index is 2.26. The van der Waals surface area contributed by atoms with E-state index in [1.165, 1.54) is 12.1 Å². The lowest BCUT2D eigenvalue weighted by Gasteiger charge is -2.16. The van der Waals surface area contributed by atoms with Gasteiger partial charge in [0, 0.05) is 24.5 Å². The number of nitrogens with zero attached hydrogens (tertiary/aromatic N) is 2. The van der Waals surface area contributed by atoms with Gasteiger partial charge in [-0.1, -0.05) is 11.6 Å². The van der Waals surface area contributed by atoms with Crippen molar-refractivity contribution in [1.82, 2.24) is 15.0 Å². The number of nitrogens with two attached hydrogens (primary N) is 1. The van der Waals surface area contributed by atoms with Crippen LogP contribution in [-0.2, 0) is 13.5 Å². The maximum atomic E-state index is 13.7. The highest BCUT2D eigenvalue weighted by atomic mass is 35.5.